The molecule has 1 aliphatic heterocycles. The fourth-order valence-corrected chi connectivity index (χ4v) is 3.55. The molecule has 7 nitrogen and oxygen atoms in total. The highest BCUT2D eigenvalue weighted by Gasteiger charge is 2.16. The van der Waals surface area contributed by atoms with Crippen molar-refractivity contribution in [3.05, 3.63) is 65.2 Å². The number of benzene rings is 2. The monoisotopic (exact) mass is 424 g/mol. The molecule has 0 radical (unpaired) electrons. The van der Waals surface area contributed by atoms with Crippen molar-refractivity contribution in [2.45, 2.75) is 51.9 Å². The van der Waals surface area contributed by atoms with Crippen LogP contribution in [-0.4, -0.2) is 47.2 Å². The first-order chi connectivity index (χ1) is 14.9. The average molecular weight is 425 g/mol. The zero-order valence-electron chi connectivity index (χ0n) is 18.2. The molecule has 0 bridgehead atoms. The van der Waals surface area contributed by atoms with Crippen LogP contribution in [0.5, 0.6) is 0 Å². The number of anilines is 1. The number of aliphatic hydroxyl groups excluding tert-OH is 1. The second kappa shape index (κ2) is 10.9. The summed E-state index contributed by atoms with van der Waals surface area (Å²) < 4.78 is 0. The number of aliphatic hydroxyl groups is 1. The van der Waals surface area contributed by atoms with Gasteiger partial charge in [-0.3, -0.25) is 9.69 Å². The molecule has 4 N–H and O–H groups in total. The highest BCUT2D eigenvalue weighted by Crippen LogP contribution is 2.15. The fraction of sp³-hybridized carbons (Fsp3) is 0.417. The Hall–Kier alpha value is -2.90. The minimum Gasteiger partial charge on any atom is -0.393 e. The number of hydrogen-bond donors (Lipinski definition) is 4. The molecule has 0 unspecified atom stereocenters. The minimum atomic E-state index is -0.298. The van der Waals surface area contributed by atoms with Gasteiger partial charge in [0.2, 0.25) is 0 Å². The van der Waals surface area contributed by atoms with E-state index in [0.29, 0.717) is 17.8 Å². The van der Waals surface area contributed by atoms with E-state index in [9.17, 15) is 14.7 Å². The van der Waals surface area contributed by atoms with Crippen LogP contribution in [0.25, 0.3) is 0 Å². The third-order valence-corrected chi connectivity index (χ3v) is 5.24. The second-order valence-electron chi connectivity index (χ2n) is 8.34. The van der Waals surface area contributed by atoms with Crippen molar-refractivity contribution in [3.63, 3.8) is 0 Å². The van der Waals surface area contributed by atoms with E-state index in [1.165, 1.54) is 5.56 Å². The van der Waals surface area contributed by atoms with E-state index < -0.39 is 0 Å². The number of urea groups is 1. The number of nitrogens with one attached hydrogen (secondary N) is 3. The Morgan fingerprint density at radius 3 is 2.42 bits per heavy atom. The van der Waals surface area contributed by atoms with Gasteiger partial charge in [0.05, 0.1) is 6.10 Å². The molecule has 1 fully saturated rings. The maximum Gasteiger partial charge on any atom is 0.319 e. The SMILES string of the molecule is CC(C)NC(=O)Nc1cccc(C(=O)NCc2ccc(CN3CCC(O)CC3)cc2)c1. The van der Waals surface area contributed by atoms with Crippen molar-refractivity contribution in [2.75, 3.05) is 18.4 Å². The van der Waals surface area contributed by atoms with Crippen LogP contribution in [0.1, 0.15) is 48.2 Å². The van der Waals surface area contributed by atoms with Crippen molar-refractivity contribution in [3.8, 4) is 0 Å². The van der Waals surface area contributed by atoms with Crippen molar-refractivity contribution >= 4 is 17.6 Å². The number of hydrogen-bond acceptors (Lipinski definition) is 4. The Balaban J connectivity index is 1.49. The fourth-order valence-electron chi connectivity index (χ4n) is 3.55. The van der Waals surface area contributed by atoms with Crippen LogP contribution >= 0.6 is 0 Å². The van der Waals surface area contributed by atoms with Crippen LogP contribution in [0.3, 0.4) is 0 Å². The number of rotatable bonds is 7. The van der Waals surface area contributed by atoms with Gasteiger partial charge < -0.3 is 21.1 Å². The van der Waals surface area contributed by atoms with Crippen LogP contribution in [0.4, 0.5) is 10.5 Å². The Labute approximate surface area is 183 Å². The lowest BCUT2D eigenvalue weighted by Crippen LogP contribution is -2.35. The molecule has 166 valence electrons. The molecule has 3 rings (SSSR count). The van der Waals surface area contributed by atoms with E-state index in [4.69, 9.17) is 0 Å². The zero-order valence-corrected chi connectivity index (χ0v) is 18.2. The number of carbonyl (C=O) groups excluding carboxylic acids is 2. The van der Waals surface area contributed by atoms with Crippen molar-refractivity contribution < 1.29 is 14.7 Å². The highest BCUT2D eigenvalue weighted by atomic mass is 16.3. The zero-order chi connectivity index (χ0) is 22.2. The van der Waals surface area contributed by atoms with Crippen LogP contribution in [0, 0.1) is 0 Å². The molecule has 3 amide bonds. The summed E-state index contributed by atoms with van der Waals surface area (Å²) in [6.45, 7) is 6.92. The van der Waals surface area contributed by atoms with Gasteiger partial charge in [-0.1, -0.05) is 30.3 Å². The maximum atomic E-state index is 12.5. The minimum absolute atomic E-state index is 0.0330. The quantitative estimate of drug-likeness (QED) is 0.549. The van der Waals surface area contributed by atoms with Crippen molar-refractivity contribution in [2.24, 2.45) is 0 Å². The van der Waals surface area contributed by atoms with E-state index in [-0.39, 0.29) is 24.1 Å². The summed E-state index contributed by atoms with van der Waals surface area (Å²) in [5.41, 5.74) is 3.31. The number of amides is 3. The molecule has 1 heterocycles. The van der Waals surface area contributed by atoms with Crippen molar-refractivity contribution in [1.29, 1.82) is 0 Å². The molecule has 31 heavy (non-hydrogen) atoms. The highest BCUT2D eigenvalue weighted by molar-refractivity contribution is 5.96. The standard InChI is InChI=1S/C24H32N4O3/c1-17(2)26-24(31)27-21-5-3-4-20(14-21)23(30)25-15-18-6-8-19(9-7-18)16-28-12-10-22(29)11-13-28/h3-9,14,17,22,29H,10-13,15-16H2,1-2H3,(H,25,30)(H2,26,27,31). The molecule has 0 saturated carbocycles. The third kappa shape index (κ3) is 7.38. The molecule has 2 aromatic carbocycles. The van der Waals surface area contributed by atoms with Gasteiger partial charge in [0.1, 0.15) is 0 Å². The maximum absolute atomic E-state index is 12.5. The van der Waals surface area contributed by atoms with Gasteiger partial charge in [0.15, 0.2) is 0 Å². The first kappa shape index (κ1) is 22.8. The van der Waals surface area contributed by atoms with E-state index in [2.05, 4.69) is 33.0 Å². The molecule has 0 aliphatic carbocycles. The Kier molecular flexibility index (Phi) is 8.03. The average Bonchev–Trinajstić information content (AvgIpc) is 2.74. The Morgan fingerprint density at radius 1 is 1.06 bits per heavy atom. The van der Waals surface area contributed by atoms with Crippen LogP contribution < -0.4 is 16.0 Å². The summed E-state index contributed by atoms with van der Waals surface area (Å²) in [6, 6.07) is 14.8. The number of nitrogens with zero attached hydrogens (tertiary/aromatic N) is 1. The molecule has 1 saturated heterocycles. The van der Waals surface area contributed by atoms with Gasteiger partial charge in [-0.2, -0.15) is 0 Å². The third-order valence-electron chi connectivity index (χ3n) is 5.24. The molecular formula is C24H32N4O3. The first-order valence-electron chi connectivity index (χ1n) is 10.8. The molecule has 0 atom stereocenters. The van der Waals surface area contributed by atoms with Gasteiger partial charge in [-0.25, -0.2) is 4.79 Å². The molecular weight excluding hydrogens is 392 g/mol. The predicted octanol–water partition coefficient (Wildman–Crippen LogP) is 3.10. The number of piperidine rings is 1. The molecule has 0 spiro atoms. The van der Waals surface area contributed by atoms with E-state index in [1.54, 1.807) is 24.3 Å². The van der Waals surface area contributed by atoms with Crippen LogP contribution in [0.15, 0.2) is 48.5 Å². The Bertz CT molecular complexity index is 875. The molecule has 7 heteroatoms. The van der Waals surface area contributed by atoms with Gasteiger partial charge in [0, 0.05) is 43.5 Å². The number of carbonyl (C=O) groups is 2. The van der Waals surface area contributed by atoms with Gasteiger partial charge in [-0.05, 0) is 56.0 Å². The summed E-state index contributed by atoms with van der Waals surface area (Å²) in [7, 11) is 0. The summed E-state index contributed by atoms with van der Waals surface area (Å²) in [4.78, 5) is 26.7. The van der Waals surface area contributed by atoms with Gasteiger partial charge in [-0.15, -0.1) is 0 Å². The topological polar surface area (TPSA) is 93.7 Å². The predicted molar refractivity (Wildman–Crippen MR) is 122 cm³/mol. The van der Waals surface area contributed by atoms with Gasteiger partial charge in [0.25, 0.3) is 5.91 Å². The van der Waals surface area contributed by atoms with E-state index >= 15 is 0 Å². The molecule has 0 aromatic heterocycles. The number of likely N-dealkylation sites (tertiary alicyclic amines) is 1. The Morgan fingerprint density at radius 2 is 1.74 bits per heavy atom. The smallest absolute Gasteiger partial charge is 0.319 e. The van der Waals surface area contributed by atoms with Crippen molar-refractivity contribution in [1.82, 2.24) is 15.5 Å². The van der Waals surface area contributed by atoms with Crippen LogP contribution in [0.2, 0.25) is 0 Å². The largest absolute Gasteiger partial charge is 0.393 e. The normalized spacial score (nSPS) is 15.0. The summed E-state index contributed by atoms with van der Waals surface area (Å²) in [5.74, 6) is -0.191. The van der Waals surface area contributed by atoms with E-state index in [0.717, 1.165) is 38.0 Å². The lowest BCUT2D eigenvalue weighted by Gasteiger charge is -2.29. The van der Waals surface area contributed by atoms with E-state index in [1.807, 2.05) is 26.0 Å². The molecule has 2 aromatic rings. The second-order valence-corrected chi connectivity index (χ2v) is 8.34. The summed E-state index contributed by atoms with van der Waals surface area (Å²) >= 11 is 0. The summed E-state index contributed by atoms with van der Waals surface area (Å²) in [5, 5.41) is 18.0. The lowest BCUT2D eigenvalue weighted by atomic mass is 10.1. The van der Waals surface area contributed by atoms with Gasteiger partial charge >= 0.3 is 6.03 Å². The van der Waals surface area contributed by atoms with Crippen LogP contribution in [-0.2, 0) is 13.1 Å². The molecule has 1 aliphatic rings. The summed E-state index contributed by atoms with van der Waals surface area (Å²) in [6.07, 6.45) is 1.52. The first-order valence-corrected chi connectivity index (χ1v) is 10.8. The lowest BCUT2D eigenvalue weighted by molar-refractivity contribution is 0.0792.